The lowest BCUT2D eigenvalue weighted by Crippen LogP contribution is -2.17. The quantitative estimate of drug-likeness (QED) is 0.371. The summed E-state index contributed by atoms with van der Waals surface area (Å²) >= 11 is 0. The number of nitrogens with one attached hydrogen (secondary N) is 3. The molecule has 0 bridgehead atoms. The van der Waals surface area contributed by atoms with Gasteiger partial charge in [0.1, 0.15) is 5.82 Å². The van der Waals surface area contributed by atoms with Crippen LogP contribution in [-0.4, -0.2) is 28.4 Å². The summed E-state index contributed by atoms with van der Waals surface area (Å²) in [7, 11) is 0. The summed E-state index contributed by atoms with van der Waals surface area (Å²) in [5.41, 5.74) is 14.3. The van der Waals surface area contributed by atoms with Gasteiger partial charge in [-0.05, 0) is 37.1 Å². The van der Waals surface area contributed by atoms with Crippen molar-refractivity contribution in [3.05, 3.63) is 65.7 Å². The van der Waals surface area contributed by atoms with Gasteiger partial charge in [0.2, 0.25) is 5.95 Å². The molecule has 0 radical (unpaired) electrons. The molecule has 0 spiro atoms. The van der Waals surface area contributed by atoms with Crippen molar-refractivity contribution >= 4 is 29.4 Å². The van der Waals surface area contributed by atoms with Crippen molar-refractivity contribution in [3.63, 3.8) is 0 Å². The van der Waals surface area contributed by atoms with Crippen molar-refractivity contribution < 1.29 is 0 Å². The van der Waals surface area contributed by atoms with Crippen molar-refractivity contribution in [2.24, 2.45) is 5.10 Å². The van der Waals surface area contributed by atoms with Crippen LogP contribution in [0.25, 0.3) is 11.3 Å². The summed E-state index contributed by atoms with van der Waals surface area (Å²) in [6.45, 7) is 4.45. The standard InChI is InChI=1S/C21H23N7/c1-14-7-6-10-18(15(14)2)19-11-20(26-21(23)25-19)24-13-17(12-22)28-27-16-8-4-3-5-9-16/h3-12,22,27H,13H2,1-2H3,(H3,23,24,25,26)/b22-12?,28-17+. The number of nitrogen functional groups attached to an aromatic ring is 1. The molecule has 142 valence electrons. The second kappa shape index (κ2) is 8.77. The Balaban J connectivity index is 1.76. The molecule has 28 heavy (non-hydrogen) atoms. The van der Waals surface area contributed by atoms with E-state index >= 15 is 0 Å². The van der Waals surface area contributed by atoms with E-state index in [0.717, 1.165) is 22.5 Å². The highest BCUT2D eigenvalue weighted by Gasteiger charge is 2.09. The number of rotatable bonds is 7. The summed E-state index contributed by atoms with van der Waals surface area (Å²) < 4.78 is 0. The highest BCUT2D eigenvalue weighted by atomic mass is 15.3. The summed E-state index contributed by atoms with van der Waals surface area (Å²) in [5.74, 6) is 0.773. The molecule has 1 heterocycles. The molecule has 1 aromatic heterocycles. The smallest absolute Gasteiger partial charge is 0.222 e. The highest BCUT2D eigenvalue weighted by molar-refractivity contribution is 6.31. The van der Waals surface area contributed by atoms with Gasteiger partial charge in [0.15, 0.2) is 0 Å². The maximum atomic E-state index is 7.57. The molecular weight excluding hydrogens is 350 g/mol. The number of aryl methyl sites for hydroxylation is 1. The molecule has 5 N–H and O–H groups in total. The fourth-order valence-electron chi connectivity index (χ4n) is 2.68. The minimum Gasteiger partial charge on any atom is -0.368 e. The van der Waals surface area contributed by atoms with Crippen LogP contribution in [0.4, 0.5) is 17.5 Å². The van der Waals surface area contributed by atoms with E-state index in [0.29, 0.717) is 18.1 Å². The van der Waals surface area contributed by atoms with Gasteiger partial charge < -0.3 is 16.5 Å². The Morgan fingerprint density at radius 2 is 1.89 bits per heavy atom. The molecule has 0 saturated carbocycles. The molecule has 0 aliphatic rings. The summed E-state index contributed by atoms with van der Waals surface area (Å²) in [6, 6.07) is 17.5. The Labute approximate surface area is 164 Å². The zero-order chi connectivity index (χ0) is 19.9. The van der Waals surface area contributed by atoms with Crippen LogP contribution in [0.3, 0.4) is 0 Å². The van der Waals surface area contributed by atoms with Crippen molar-refractivity contribution in [1.29, 1.82) is 5.41 Å². The van der Waals surface area contributed by atoms with E-state index in [1.54, 1.807) is 0 Å². The lowest BCUT2D eigenvalue weighted by atomic mass is 10.0. The molecule has 3 aromatic rings. The van der Waals surface area contributed by atoms with Crippen LogP contribution in [0.5, 0.6) is 0 Å². The molecule has 0 aliphatic heterocycles. The second-order valence-corrected chi connectivity index (χ2v) is 6.32. The monoisotopic (exact) mass is 373 g/mol. The number of nitrogens with two attached hydrogens (primary N) is 1. The molecule has 0 saturated heterocycles. The van der Waals surface area contributed by atoms with Gasteiger partial charge in [-0.2, -0.15) is 10.1 Å². The molecule has 0 atom stereocenters. The zero-order valence-electron chi connectivity index (χ0n) is 15.9. The maximum absolute atomic E-state index is 7.57. The molecule has 3 rings (SSSR count). The first-order chi connectivity index (χ1) is 13.6. The van der Waals surface area contributed by atoms with E-state index in [-0.39, 0.29) is 5.95 Å². The second-order valence-electron chi connectivity index (χ2n) is 6.32. The SMILES string of the molecule is Cc1cccc(-c2cc(NC/C(C=N)=N/Nc3ccccc3)nc(N)n2)c1C. The Morgan fingerprint density at radius 1 is 1.11 bits per heavy atom. The number of nitrogens with zero attached hydrogens (tertiary/aromatic N) is 3. The predicted octanol–water partition coefficient (Wildman–Crippen LogP) is 3.87. The minimum absolute atomic E-state index is 0.191. The third-order valence-electron chi connectivity index (χ3n) is 4.34. The van der Waals surface area contributed by atoms with E-state index in [1.807, 2.05) is 48.5 Å². The van der Waals surface area contributed by atoms with Crippen LogP contribution in [0, 0.1) is 19.3 Å². The molecule has 7 heteroatoms. The lowest BCUT2D eigenvalue weighted by Gasteiger charge is -2.11. The average Bonchev–Trinajstić information content (AvgIpc) is 2.70. The van der Waals surface area contributed by atoms with E-state index in [2.05, 4.69) is 45.7 Å². The number of aromatic nitrogens is 2. The van der Waals surface area contributed by atoms with E-state index < -0.39 is 0 Å². The van der Waals surface area contributed by atoms with Gasteiger partial charge in [0, 0.05) is 17.8 Å². The van der Waals surface area contributed by atoms with Gasteiger partial charge in [0.25, 0.3) is 0 Å². The van der Waals surface area contributed by atoms with Crippen LogP contribution in [0.1, 0.15) is 11.1 Å². The minimum atomic E-state index is 0.191. The first-order valence-electron chi connectivity index (χ1n) is 8.90. The van der Waals surface area contributed by atoms with Gasteiger partial charge in [-0.15, -0.1) is 0 Å². The Bertz CT molecular complexity index is 997. The highest BCUT2D eigenvalue weighted by Crippen LogP contribution is 2.25. The molecule has 0 fully saturated rings. The molecular formula is C21H23N7. The third kappa shape index (κ3) is 4.70. The van der Waals surface area contributed by atoms with Gasteiger partial charge >= 0.3 is 0 Å². The fourth-order valence-corrected chi connectivity index (χ4v) is 2.68. The van der Waals surface area contributed by atoms with Crippen LogP contribution in [-0.2, 0) is 0 Å². The fraction of sp³-hybridized carbons (Fsp3) is 0.143. The van der Waals surface area contributed by atoms with E-state index in [9.17, 15) is 0 Å². The zero-order valence-corrected chi connectivity index (χ0v) is 15.9. The Hall–Kier alpha value is -3.74. The van der Waals surface area contributed by atoms with Crippen molar-refractivity contribution in [2.75, 3.05) is 23.0 Å². The molecule has 0 amide bonds. The number of para-hydroxylation sites is 1. The lowest BCUT2D eigenvalue weighted by molar-refractivity contribution is 1.16. The number of hydrazone groups is 1. The molecule has 0 unspecified atom stereocenters. The number of hydrogen-bond acceptors (Lipinski definition) is 7. The van der Waals surface area contributed by atoms with Gasteiger partial charge in [-0.1, -0.05) is 36.4 Å². The summed E-state index contributed by atoms with van der Waals surface area (Å²) in [6.07, 6.45) is 1.19. The van der Waals surface area contributed by atoms with Crippen LogP contribution in [0.15, 0.2) is 59.7 Å². The van der Waals surface area contributed by atoms with Gasteiger partial charge in [0.05, 0.1) is 23.6 Å². The molecule has 0 aliphatic carbocycles. The first-order valence-corrected chi connectivity index (χ1v) is 8.90. The van der Waals surface area contributed by atoms with Crippen LogP contribution in [0.2, 0.25) is 0 Å². The largest absolute Gasteiger partial charge is 0.368 e. The molecule has 2 aromatic carbocycles. The Morgan fingerprint density at radius 3 is 2.64 bits per heavy atom. The normalized spacial score (nSPS) is 11.1. The van der Waals surface area contributed by atoms with Gasteiger partial charge in [-0.3, -0.25) is 5.43 Å². The van der Waals surface area contributed by atoms with Crippen LogP contribution < -0.4 is 16.5 Å². The van der Waals surface area contributed by atoms with Crippen molar-refractivity contribution in [3.8, 4) is 11.3 Å². The Kier molecular flexibility index (Phi) is 5.96. The third-order valence-corrected chi connectivity index (χ3v) is 4.34. The van der Waals surface area contributed by atoms with E-state index in [4.69, 9.17) is 11.1 Å². The summed E-state index contributed by atoms with van der Waals surface area (Å²) in [4.78, 5) is 8.61. The predicted molar refractivity (Wildman–Crippen MR) is 116 cm³/mol. The van der Waals surface area contributed by atoms with Crippen LogP contribution >= 0.6 is 0 Å². The topological polar surface area (TPSA) is 112 Å². The number of anilines is 3. The van der Waals surface area contributed by atoms with Crippen molar-refractivity contribution in [2.45, 2.75) is 13.8 Å². The number of benzene rings is 2. The van der Waals surface area contributed by atoms with Gasteiger partial charge in [-0.25, -0.2) is 4.98 Å². The number of hydrogen-bond donors (Lipinski definition) is 4. The average molecular weight is 373 g/mol. The maximum Gasteiger partial charge on any atom is 0.222 e. The summed E-state index contributed by atoms with van der Waals surface area (Å²) in [5, 5.41) is 15.0. The molecule has 7 nitrogen and oxygen atoms in total. The van der Waals surface area contributed by atoms with Crippen molar-refractivity contribution in [1.82, 2.24) is 9.97 Å². The van der Waals surface area contributed by atoms with E-state index in [1.165, 1.54) is 11.8 Å². The first kappa shape index (κ1) is 19.0.